The first-order chi connectivity index (χ1) is 10.9. The molecular weight excluding hydrogens is 343 g/mol. The van der Waals surface area contributed by atoms with Gasteiger partial charge in [0.25, 0.3) is 11.6 Å². The molecule has 116 valence electrons. The summed E-state index contributed by atoms with van der Waals surface area (Å²) in [4.78, 5) is 22.4. The van der Waals surface area contributed by atoms with Crippen molar-refractivity contribution in [3.05, 3.63) is 61.6 Å². The number of hydrogen-bond acceptors (Lipinski definition) is 4. The molecule has 0 aromatic heterocycles. The van der Waals surface area contributed by atoms with E-state index in [0.717, 1.165) is 0 Å². The second-order valence-corrected chi connectivity index (χ2v) is 5.65. The van der Waals surface area contributed by atoms with Crippen molar-refractivity contribution in [2.45, 2.75) is 0 Å². The van der Waals surface area contributed by atoms with Crippen LogP contribution in [0.2, 0.25) is 10.0 Å². The Morgan fingerprint density at radius 2 is 1.83 bits per heavy atom. The van der Waals surface area contributed by atoms with Crippen LogP contribution < -0.4 is 5.32 Å². The molecule has 6 nitrogen and oxygen atoms in total. The van der Waals surface area contributed by atoms with Gasteiger partial charge >= 0.3 is 0 Å². The second-order valence-electron chi connectivity index (χ2n) is 4.83. The number of hydrogen-bond donors (Lipinski definition) is 2. The maximum Gasteiger partial charge on any atom is 0.270 e. The lowest BCUT2D eigenvalue weighted by Crippen LogP contribution is -2.03. The fraction of sp³-hybridized carbons (Fsp3) is 0. The molecule has 0 bridgehead atoms. The minimum Gasteiger partial charge on any atom is -0.505 e. The zero-order chi connectivity index (χ0) is 16.7. The molecule has 1 amide bonds. The number of non-ortho nitro benzene ring substituents is 1. The Labute approximate surface area is 140 Å². The number of nitro benzene ring substituents is 1. The quantitative estimate of drug-likeness (QED) is 0.484. The van der Waals surface area contributed by atoms with Gasteiger partial charge in [-0.1, -0.05) is 23.2 Å². The van der Waals surface area contributed by atoms with Crippen molar-refractivity contribution in [2.75, 3.05) is 5.32 Å². The predicted molar refractivity (Wildman–Crippen MR) is 87.7 cm³/mol. The topological polar surface area (TPSA) is 92.5 Å². The van der Waals surface area contributed by atoms with E-state index in [2.05, 4.69) is 5.32 Å². The Hall–Kier alpha value is -2.57. The van der Waals surface area contributed by atoms with Gasteiger partial charge in [-0.05, 0) is 29.8 Å². The molecule has 0 atom stereocenters. The number of nitro groups is 1. The second kappa shape index (κ2) is 5.57. The first-order valence-corrected chi connectivity index (χ1v) is 7.12. The van der Waals surface area contributed by atoms with Crippen LogP contribution in [0.1, 0.15) is 11.1 Å². The highest BCUT2D eigenvalue weighted by Crippen LogP contribution is 2.38. The molecule has 0 fully saturated rings. The third kappa shape index (κ3) is 2.74. The van der Waals surface area contributed by atoms with Crippen LogP contribution in [-0.2, 0) is 4.79 Å². The molecule has 2 N–H and O–H groups in total. The normalized spacial score (nSPS) is 14.7. The van der Waals surface area contributed by atoms with Crippen LogP contribution in [0, 0.1) is 10.1 Å². The van der Waals surface area contributed by atoms with E-state index in [9.17, 15) is 20.0 Å². The van der Waals surface area contributed by atoms with Crippen LogP contribution in [0.25, 0.3) is 11.6 Å². The van der Waals surface area contributed by atoms with E-state index in [1.54, 1.807) is 0 Å². The summed E-state index contributed by atoms with van der Waals surface area (Å²) < 4.78 is 0. The number of anilines is 1. The fourth-order valence-electron chi connectivity index (χ4n) is 2.27. The maximum absolute atomic E-state index is 12.1. The Morgan fingerprint density at radius 1 is 1.17 bits per heavy atom. The highest BCUT2D eigenvalue weighted by Gasteiger charge is 2.26. The molecule has 0 radical (unpaired) electrons. The van der Waals surface area contributed by atoms with E-state index in [0.29, 0.717) is 16.8 Å². The van der Waals surface area contributed by atoms with Gasteiger partial charge in [-0.2, -0.15) is 0 Å². The van der Waals surface area contributed by atoms with E-state index in [-0.39, 0.29) is 33.0 Å². The first-order valence-electron chi connectivity index (χ1n) is 6.36. The molecule has 2 aromatic rings. The Morgan fingerprint density at radius 3 is 2.43 bits per heavy atom. The van der Waals surface area contributed by atoms with Gasteiger partial charge in [-0.25, -0.2) is 0 Å². The molecule has 23 heavy (non-hydrogen) atoms. The summed E-state index contributed by atoms with van der Waals surface area (Å²) in [6.45, 7) is 0. The number of benzene rings is 2. The monoisotopic (exact) mass is 350 g/mol. The summed E-state index contributed by atoms with van der Waals surface area (Å²) in [5.41, 5.74) is 1.53. The summed E-state index contributed by atoms with van der Waals surface area (Å²) in [5, 5.41) is 23.2. The van der Waals surface area contributed by atoms with Crippen LogP contribution in [0.4, 0.5) is 11.4 Å². The zero-order valence-corrected chi connectivity index (χ0v) is 12.9. The number of carbonyl (C=O) groups excluding carboxylic acids is 1. The number of rotatable bonds is 2. The Kier molecular flexibility index (Phi) is 3.71. The fourth-order valence-corrected chi connectivity index (χ4v) is 2.77. The van der Waals surface area contributed by atoms with Gasteiger partial charge in [0.2, 0.25) is 0 Å². The number of aromatic hydroxyl groups is 1. The molecule has 3 rings (SSSR count). The summed E-state index contributed by atoms with van der Waals surface area (Å²) >= 11 is 11.7. The number of fused-ring (bicyclic) bond motifs is 1. The van der Waals surface area contributed by atoms with E-state index >= 15 is 0 Å². The number of nitrogens with zero attached hydrogens (tertiary/aromatic N) is 1. The van der Waals surface area contributed by atoms with Gasteiger partial charge in [0.15, 0.2) is 5.75 Å². The van der Waals surface area contributed by atoms with Gasteiger partial charge in [-0.15, -0.1) is 0 Å². The van der Waals surface area contributed by atoms with Gasteiger partial charge in [0.1, 0.15) is 0 Å². The lowest BCUT2D eigenvalue weighted by molar-refractivity contribution is -0.384. The Bertz CT molecular complexity index is 870. The highest BCUT2D eigenvalue weighted by molar-refractivity contribution is 6.38. The molecule has 2 aromatic carbocycles. The first kappa shape index (κ1) is 15.3. The van der Waals surface area contributed by atoms with Crippen LogP contribution in [0.5, 0.6) is 5.75 Å². The van der Waals surface area contributed by atoms with Gasteiger partial charge in [0, 0.05) is 29.0 Å². The molecule has 1 aliphatic rings. The molecule has 1 heterocycles. The molecule has 8 heteroatoms. The zero-order valence-electron chi connectivity index (χ0n) is 11.3. The van der Waals surface area contributed by atoms with Crippen LogP contribution in [0.15, 0.2) is 30.3 Å². The van der Waals surface area contributed by atoms with E-state index in [1.165, 1.54) is 36.4 Å². The SMILES string of the molecule is O=C1Nc2ccc([N+](=O)[O-])cc2C1=Cc1cc(Cl)c(O)c(Cl)c1. The number of nitrogens with one attached hydrogen (secondary N) is 1. The minimum atomic E-state index is -0.533. The largest absolute Gasteiger partial charge is 0.505 e. The summed E-state index contributed by atoms with van der Waals surface area (Å²) in [5.74, 6) is -0.636. The molecule has 0 spiro atoms. The van der Waals surface area contributed by atoms with E-state index < -0.39 is 4.92 Å². The van der Waals surface area contributed by atoms with Crippen molar-refractivity contribution >= 4 is 52.1 Å². The lowest BCUT2D eigenvalue weighted by atomic mass is 10.0. The highest BCUT2D eigenvalue weighted by atomic mass is 35.5. The summed E-state index contributed by atoms with van der Waals surface area (Å²) in [6, 6.07) is 7.00. The number of carbonyl (C=O) groups is 1. The van der Waals surface area contributed by atoms with Crippen molar-refractivity contribution in [2.24, 2.45) is 0 Å². The van der Waals surface area contributed by atoms with Crippen LogP contribution >= 0.6 is 23.2 Å². The molecular formula is C15H8Cl2N2O4. The third-order valence-electron chi connectivity index (χ3n) is 3.35. The van der Waals surface area contributed by atoms with E-state index in [1.807, 2.05) is 0 Å². The average molecular weight is 351 g/mol. The number of amides is 1. The van der Waals surface area contributed by atoms with Gasteiger partial charge in [-0.3, -0.25) is 14.9 Å². The van der Waals surface area contributed by atoms with Crippen LogP contribution in [0.3, 0.4) is 0 Å². The summed E-state index contributed by atoms with van der Waals surface area (Å²) in [7, 11) is 0. The Balaban J connectivity index is 2.13. The summed E-state index contributed by atoms with van der Waals surface area (Å²) in [6.07, 6.45) is 1.50. The molecule has 0 saturated carbocycles. The minimum absolute atomic E-state index is 0.0435. The lowest BCUT2D eigenvalue weighted by Gasteiger charge is -2.03. The molecule has 1 aliphatic heterocycles. The third-order valence-corrected chi connectivity index (χ3v) is 3.92. The van der Waals surface area contributed by atoms with Crippen molar-refractivity contribution < 1.29 is 14.8 Å². The molecule has 0 saturated heterocycles. The van der Waals surface area contributed by atoms with Gasteiger partial charge < -0.3 is 10.4 Å². The molecule has 0 aliphatic carbocycles. The smallest absolute Gasteiger partial charge is 0.270 e. The van der Waals surface area contributed by atoms with Crippen molar-refractivity contribution in [1.82, 2.24) is 0 Å². The van der Waals surface area contributed by atoms with Crippen molar-refractivity contribution in [3.63, 3.8) is 0 Å². The average Bonchev–Trinajstić information content (AvgIpc) is 2.80. The van der Waals surface area contributed by atoms with Gasteiger partial charge in [0.05, 0.1) is 15.0 Å². The molecule has 0 unspecified atom stereocenters. The number of phenols is 1. The van der Waals surface area contributed by atoms with Crippen LogP contribution in [-0.4, -0.2) is 15.9 Å². The van der Waals surface area contributed by atoms with E-state index in [4.69, 9.17) is 23.2 Å². The number of halogens is 2. The van der Waals surface area contributed by atoms with Crippen molar-refractivity contribution in [3.8, 4) is 5.75 Å². The maximum atomic E-state index is 12.1. The standard InChI is InChI=1S/C15H8Cl2N2O4/c16-11-4-7(5-12(17)14(11)20)3-10-9-6-8(19(22)23)1-2-13(9)18-15(10)21/h1-6,20H,(H,18,21). The van der Waals surface area contributed by atoms with Crippen molar-refractivity contribution in [1.29, 1.82) is 0 Å². The predicted octanol–water partition coefficient (Wildman–Crippen LogP) is 4.10. The number of phenolic OH excluding ortho intramolecular Hbond substituents is 1.